The van der Waals surface area contributed by atoms with Gasteiger partial charge in [0.05, 0.1) is 18.5 Å². The van der Waals surface area contributed by atoms with Gasteiger partial charge in [-0.3, -0.25) is 0 Å². The van der Waals surface area contributed by atoms with Gasteiger partial charge in [0.2, 0.25) is 0 Å². The van der Waals surface area contributed by atoms with Crippen molar-refractivity contribution in [2.45, 2.75) is 32.7 Å². The third kappa shape index (κ3) is 3.50. The predicted molar refractivity (Wildman–Crippen MR) is 86.1 cm³/mol. The number of halogens is 1. The lowest BCUT2D eigenvalue weighted by Gasteiger charge is -2.26. The molecular formula is C16H23ClN2O2. The summed E-state index contributed by atoms with van der Waals surface area (Å²) in [7, 11) is 3.40. The number of rotatable bonds is 7. The molecule has 0 aliphatic heterocycles. The van der Waals surface area contributed by atoms with Crippen LogP contribution in [0.5, 0.6) is 5.75 Å². The molecular weight excluding hydrogens is 288 g/mol. The van der Waals surface area contributed by atoms with E-state index in [0.29, 0.717) is 5.88 Å². The average molecular weight is 311 g/mol. The molecule has 0 fully saturated rings. The van der Waals surface area contributed by atoms with Crippen molar-refractivity contribution in [2.24, 2.45) is 5.41 Å². The number of para-hydroxylation sites is 1. The van der Waals surface area contributed by atoms with Crippen LogP contribution in [0.4, 0.5) is 0 Å². The quantitative estimate of drug-likeness (QED) is 0.729. The van der Waals surface area contributed by atoms with Crippen LogP contribution in [0.1, 0.15) is 26.1 Å². The number of ether oxygens (including phenoxy) is 2. The number of nitrogens with zero attached hydrogens (tertiary/aromatic N) is 2. The van der Waals surface area contributed by atoms with Crippen LogP contribution >= 0.6 is 11.6 Å². The topological polar surface area (TPSA) is 36.3 Å². The van der Waals surface area contributed by atoms with E-state index in [1.807, 2.05) is 12.1 Å². The standard InChI is InChI=1S/C16H23ClN2O2/c1-16(2,8-9-20-3)11-19-12-6-5-7-13(21-4)15(12)18-14(19)10-17/h5-7H,8-11H2,1-4H3. The molecule has 0 unspecified atom stereocenters. The fourth-order valence-corrected chi connectivity index (χ4v) is 2.70. The van der Waals surface area contributed by atoms with Gasteiger partial charge in [-0.25, -0.2) is 4.98 Å². The molecule has 0 spiro atoms. The monoisotopic (exact) mass is 310 g/mol. The molecule has 0 radical (unpaired) electrons. The smallest absolute Gasteiger partial charge is 0.146 e. The zero-order valence-electron chi connectivity index (χ0n) is 13.1. The molecule has 21 heavy (non-hydrogen) atoms. The van der Waals surface area contributed by atoms with Crippen LogP contribution < -0.4 is 4.74 Å². The van der Waals surface area contributed by atoms with Gasteiger partial charge >= 0.3 is 0 Å². The van der Waals surface area contributed by atoms with Gasteiger partial charge in [0.25, 0.3) is 0 Å². The van der Waals surface area contributed by atoms with Gasteiger partial charge in [0, 0.05) is 20.3 Å². The molecule has 1 aromatic carbocycles. The Kier molecular flexibility index (Phi) is 5.12. The van der Waals surface area contributed by atoms with Gasteiger partial charge in [0.15, 0.2) is 0 Å². The van der Waals surface area contributed by atoms with Crippen molar-refractivity contribution in [3.63, 3.8) is 0 Å². The summed E-state index contributed by atoms with van der Waals surface area (Å²) in [4.78, 5) is 4.64. The van der Waals surface area contributed by atoms with Gasteiger partial charge < -0.3 is 14.0 Å². The number of fused-ring (bicyclic) bond motifs is 1. The van der Waals surface area contributed by atoms with Crippen molar-refractivity contribution in [1.29, 1.82) is 0 Å². The highest BCUT2D eigenvalue weighted by molar-refractivity contribution is 6.16. The number of hydrogen-bond donors (Lipinski definition) is 0. The predicted octanol–water partition coefficient (Wildman–Crippen LogP) is 3.85. The lowest BCUT2D eigenvalue weighted by Crippen LogP contribution is -2.22. The Hall–Kier alpha value is -1.26. The number of imidazole rings is 1. The SMILES string of the molecule is COCCC(C)(C)Cn1c(CCl)nc2c(OC)cccc21. The Morgan fingerprint density at radius 3 is 2.67 bits per heavy atom. The first-order chi connectivity index (χ1) is 10.0. The number of methoxy groups -OCH3 is 2. The number of alkyl halides is 1. The summed E-state index contributed by atoms with van der Waals surface area (Å²) in [6, 6.07) is 5.97. The fourth-order valence-electron chi connectivity index (χ4n) is 2.50. The summed E-state index contributed by atoms with van der Waals surface area (Å²) in [5.41, 5.74) is 2.04. The van der Waals surface area contributed by atoms with E-state index in [0.717, 1.165) is 42.2 Å². The van der Waals surface area contributed by atoms with Gasteiger partial charge in [-0.15, -0.1) is 11.6 Å². The van der Waals surface area contributed by atoms with Crippen molar-refractivity contribution >= 4 is 22.6 Å². The first-order valence-corrected chi connectivity index (χ1v) is 7.63. The maximum absolute atomic E-state index is 6.08. The summed E-state index contributed by atoms with van der Waals surface area (Å²) in [6.07, 6.45) is 0.981. The molecule has 0 bridgehead atoms. The van der Waals surface area contributed by atoms with Crippen molar-refractivity contribution in [3.05, 3.63) is 24.0 Å². The first kappa shape index (κ1) is 16.1. The average Bonchev–Trinajstić information content (AvgIpc) is 2.82. The van der Waals surface area contributed by atoms with Crippen molar-refractivity contribution < 1.29 is 9.47 Å². The zero-order valence-corrected chi connectivity index (χ0v) is 13.9. The lowest BCUT2D eigenvalue weighted by molar-refractivity contribution is 0.143. The van der Waals surface area contributed by atoms with Gasteiger partial charge in [-0.1, -0.05) is 19.9 Å². The third-order valence-electron chi connectivity index (χ3n) is 3.73. The largest absolute Gasteiger partial charge is 0.494 e. The Labute approximate surface area is 131 Å². The minimum absolute atomic E-state index is 0.105. The fraction of sp³-hybridized carbons (Fsp3) is 0.562. The van der Waals surface area contributed by atoms with Crippen molar-refractivity contribution in [2.75, 3.05) is 20.8 Å². The van der Waals surface area contributed by atoms with Gasteiger partial charge in [-0.2, -0.15) is 0 Å². The summed E-state index contributed by atoms with van der Waals surface area (Å²) in [5, 5.41) is 0. The molecule has 0 aliphatic carbocycles. The van der Waals surface area contributed by atoms with Crippen LogP contribution in [0.2, 0.25) is 0 Å². The van der Waals surface area contributed by atoms with Crippen LogP contribution in [0.15, 0.2) is 18.2 Å². The summed E-state index contributed by atoms with van der Waals surface area (Å²) in [5.74, 6) is 2.05. The van der Waals surface area contributed by atoms with E-state index in [1.165, 1.54) is 0 Å². The Morgan fingerprint density at radius 1 is 1.29 bits per heavy atom. The van der Waals surface area contributed by atoms with E-state index >= 15 is 0 Å². The summed E-state index contributed by atoms with van der Waals surface area (Å²) < 4.78 is 12.8. The number of benzene rings is 1. The molecule has 0 amide bonds. The normalized spacial score (nSPS) is 12.0. The van der Waals surface area contributed by atoms with Crippen molar-refractivity contribution in [3.8, 4) is 5.75 Å². The molecule has 0 saturated heterocycles. The highest BCUT2D eigenvalue weighted by Crippen LogP contribution is 2.30. The maximum atomic E-state index is 6.08. The van der Waals surface area contributed by atoms with Crippen LogP contribution in [0.3, 0.4) is 0 Å². The molecule has 4 nitrogen and oxygen atoms in total. The molecule has 2 aromatic rings. The third-order valence-corrected chi connectivity index (χ3v) is 3.97. The second-order valence-electron chi connectivity index (χ2n) is 5.98. The van der Waals surface area contributed by atoms with E-state index in [9.17, 15) is 0 Å². The Bertz CT molecular complexity index is 608. The number of aromatic nitrogens is 2. The molecule has 2 rings (SSSR count). The minimum Gasteiger partial charge on any atom is -0.494 e. The molecule has 5 heteroatoms. The van der Waals surface area contributed by atoms with E-state index in [4.69, 9.17) is 21.1 Å². The Morgan fingerprint density at radius 2 is 2.05 bits per heavy atom. The van der Waals surface area contributed by atoms with Gasteiger partial charge in [0.1, 0.15) is 17.1 Å². The maximum Gasteiger partial charge on any atom is 0.146 e. The van der Waals surface area contributed by atoms with Crippen LogP contribution in [0, 0.1) is 5.41 Å². The van der Waals surface area contributed by atoms with E-state index in [1.54, 1.807) is 14.2 Å². The van der Waals surface area contributed by atoms with E-state index < -0.39 is 0 Å². The van der Waals surface area contributed by atoms with Crippen LogP contribution in [0.25, 0.3) is 11.0 Å². The second-order valence-corrected chi connectivity index (χ2v) is 6.25. The van der Waals surface area contributed by atoms with Gasteiger partial charge in [-0.05, 0) is 24.0 Å². The molecule has 0 saturated carbocycles. The second kappa shape index (κ2) is 6.67. The van der Waals surface area contributed by atoms with E-state index in [-0.39, 0.29) is 5.41 Å². The Balaban J connectivity index is 2.42. The zero-order chi connectivity index (χ0) is 15.5. The summed E-state index contributed by atoms with van der Waals surface area (Å²) >= 11 is 6.08. The molecule has 0 atom stereocenters. The molecule has 0 aliphatic rings. The molecule has 1 aromatic heterocycles. The summed E-state index contributed by atoms with van der Waals surface area (Å²) in [6.45, 7) is 6.06. The number of hydrogen-bond acceptors (Lipinski definition) is 3. The molecule has 116 valence electrons. The highest BCUT2D eigenvalue weighted by atomic mass is 35.5. The molecule has 1 heterocycles. The highest BCUT2D eigenvalue weighted by Gasteiger charge is 2.22. The van der Waals surface area contributed by atoms with Crippen LogP contribution in [-0.2, 0) is 17.2 Å². The lowest BCUT2D eigenvalue weighted by atomic mass is 9.89. The minimum atomic E-state index is 0.105. The van der Waals surface area contributed by atoms with Crippen molar-refractivity contribution in [1.82, 2.24) is 9.55 Å². The first-order valence-electron chi connectivity index (χ1n) is 7.09. The van der Waals surface area contributed by atoms with E-state index in [2.05, 4.69) is 29.5 Å². The van der Waals surface area contributed by atoms with Crippen LogP contribution in [-0.4, -0.2) is 30.4 Å². The molecule has 0 N–H and O–H groups in total.